The topological polar surface area (TPSA) is 56.7 Å². The molecule has 54 heavy (non-hydrogen) atoms. The molecule has 0 spiro atoms. The molecule has 0 unspecified atom stereocenters. The number of furan rings is 1. The van der Waals surface area contributed by atoms with Gasteiger partial charge in [-0.2, -0.15) is 0 Å². The van der Waals surface area contributed by atoms with E-state index in [-0.39, 0.29) is 5.82 Å². The maximum atomic E-state index is 9.31. The van der Waals surface area contributed by atoms with Crippen LogP contribution in [0.4, 0.5) is 0 Å². The molecule has 0 fully saturated rings. The summed E-state index contributed by atoms with van der Waals surface area (Å²) < 4.78 is 130. The number of hydrogen-bond donors (Lipinski definition) is 0. The molecule has 5 nitrogen and oxygen atoms in total. The summed E-state index contributed by atoms with van der Waals surface area (Å²) in [5.41, 5.74) is 1.55. The number of benzene rings is 8. The van der Waals surface area contributed by atoms with Crippen LogP contribution in [0, 0.1) is 0 Å². The minimum atomic E-state index is -0.769. The van der Waals surface area contributed by atoms with Crippen molar-refractivity contribution in [2.24, 2.45) is 0 Å². The summed E-state index contributed by atoms with van der Waals surface area (Å²) in [5.74, 6) is -1.06. The van der Waals surface area contributed by atoms with Crippen LogP contribution in [-0.4, -0.2) is 19.5 Å². The molecule has 252 valence electrons. The van der Waals surface area contributed by atoms with Crippen LogP contribution in [0.2, 0.25) is 0 Å². The van der Waals surface area contributed by atoms with E-state index in [1.807, 2.05) is 78.9 Å². The number of para-hydroxylation sites is 2. The normalized spacial score (nSPS) is 15.3. The van der Waals surface area contributed by atoms with Crippen molar-refractivity contribution in [1.82, 2.24) is 19.5 Å². The van der Waals surface area contributed by atoms with Gasteiger partial charge in [0.05, 0.1) is 35.9 Å². The van der Waals surface area contributed by atoms with Gasteiger partial charge in [0.1, 0.15) is 11.2 Å². The second kappa shape index (κ2) is 12.1. The van der Waals surface area contributed by atoms with Gasteiger partial charge in [-0.05, 0) is 52.2 Å². The van der Waals surface area contributed by atoms with Crippen molar-refractivity contribution in [3.05, 3.63) is 182 Å². The Labute approximate surface area is 330 Å². The molecular weight excluding hydrogens is 661 g/mol. The fraction of sp³-hybridized carbons (Fsp3) is 0. The zero-order valence-corrected chi connectivity index (χ0v) is 27.9. The smallest absolute Gasteiger partial charge is 0.164 e. The van der Waals surface area contributed by atoms with Gasteiger partial charge in [-0.25, -0.2) is 15.0 Å². The molecule has 0 aliphatic rings. The molecule has 0 bridgehead atoms. The number of hydrogen-bond acceptors (Lipinski definition) is 4. The van der Waals surface area contributed by atoms with Gasteiger partial charge in [0.2, 0.25) is 0 Å². The zero-order chi connectivity index (χ0) is 47.8. The van der Waals surface area contributed by atoms with E-state index in [0.717, 1.165) is 32.6 Å². The number of fused-ring (bicyclic) bond motifs is 7. The van der Waals surface area contributed by atoms with Crippen molar-refractivity contribution in [2.75, 3.05) is 0 Å². The van der Waals surface area contributed by atoms with Crippen molar-refractivity contribution in [3.63, 3.8) is 0 Å². The summed E-state index contributed by atoms with van der Waals surface area (Å²) in [6.45, 7) is 0. The van der Waals surface area contributed by atoms with Crippen molar-refractivity contribution >= 4 is 54.5 Å². The minimum absolute atomic E-state index is 0.145. The lowest BCUT2D eigenvalue weighted by Gasteiger charge is -2.13. The van der Waals surface area contributed by atoms with E-state index in [1.54, 1.807) is 6.07 Å². The van der Waals surface area contributed by atoms with Crippen molar-refractivity contribution in [2.45, 2.75) is 0 Å². The predicted octanol–water partition coefficient (Wildman–Crippen LogP) is 12.7. The molecule has 11 rings (SSSR count). The molecule has 0 amide bonds. The SMILES string of the molecule is [2H]c1c([2H])c([2H])c(-c2nc(-c3c([2H])c([2H])c(-c4c([2H])c([2H])c([2H])c([2H])c4[2H])c([2H])c3[2H])nc(-c3cc(-n4c5ccccc5c5cc6ccccc6cc54)cc4oc5ccccc5c34)n2)c([2H])c1[2H]. The van der Waals surface area contributed by atoms with Gasteiger partial charge < -0.3 is 8.98 Å². The summed E-state index contributed by atoms with van der Waals surface area (Å²) in [6.07, 6.45) is 0. The maximum absolute atomic E-state index is 9.31. The second-order valence-electron chi connectivity index (χ2n) is 12.6. The molecule has 5 heteroatoms. The van der Waals surface area contributed by atoms with Gasteiger partial charge in [0.15, 0.2) is 17.5 Å². The lowest BCUT2D eigenvalue weighted by molar-refractivity contribution is 0.668. The largest absolute Gasteiger partial charge is 0.456 e. The summed E-state index contributed by atoms with van der Waals surface area (Å²) in [4.78, 5) is 14.2. The van der Waals surface area contributed by atoms with Crippen molar-refractivity contribution in [3.8, 4) is 51.0 Å². The number of rotatable bonds is 5. The quantitative estimate of drug-likeness (QED) is 0.179. The Morgan fingerprint density at radius 3 is 1.78 bits per heavy atom. The van der Waals surface area contributed by atoms with E-state index in [9.17, 15) is 2.74 Å². The van der Waals surface area contributed by atoms with Gasteiger partial charge in [-0.3, -0.25) is 0 Å². The molecule has 3 heterocycles. The Hall–Kier alpha value is -7.37. The Balaban J connectivity index is 1.26. The first-order valence-electron chi connectivity index (χ1n) is 24.0. The van der Waals surface area contributed by atoms with Gasteiger partial charge >= 0.3 is 0 Å². The highest BCUT2D eigenvalue weighted by Crippen LogP contribution is 2.41. The Bertz CT molecular complexity index is 3970. The summed E-state index contributed by atoms with van der Waals surface area (Å²) in [7, 11) is 0. The van der Waals surface area contributed by atoms with E-state index in [4.69, 9.17) is 30.8 Å². The third-order valence-corrected chi connectivity index (χ3v) is 9.46. The van der Waals surface area contributed by atoms with Crippen LogP contribution in [0.15, 0.2) is 186 Å². The van der Waals surface area contributed by atoms with E-state index < -0.39 is 118 Å². The first-order chi connectivity index (χ1) is 32.6. The third-order valence-electron chi connectivity index (χ3n) is 9.46. The van der Waals surface area contributed by atoms with Crippen LogP contribution in [0.1, 0.15) is 19.2 Å². The molecule has 0 saturated heterocycles. The molecule has 11 aromatic rings. The highest BCUT2D eigenvalue weighted by Gasteiger charge is 2.22. The third kappa shape index (κ3) is 4.90. The summed E-state index contributed by atoms with van der Waals surface area (Å²) in [5, 5.41) is 5.17. The van der Waals surface area contributed by atoms with Gasteiger partial charge in [-0.15, -0.1) is 0 Å². The first-order valence-corrected chi connectivity index (χ1v) is 17.0. The van der Waals surface area contributed by atoms with E-state index in [2.05, 4.69) is 21.7 Å². The maximum Gasteiger partial charge on any atom is 0.164 e. The molecule has 0 atom stereocenters. The van der Waals surface area contributed by atoms with E-state index >= 15 is 0 Å². The molecule has 8 aromatic carbocycles. The Kier molecular flexibility index (Phi) is 4.36. The number of aromatic nitrogens is 4. The summed E-state index contributed by atoms with van der Waals surface area (Å²) in [6, 6.07) is 21.2. The Morgan fingerprint density at radius 1 is 0.444 bits per heavy atom. The molecule has 0 aliphatic carbocycles. The standard InChI is InChI=1S/C49H30N4O/c1-3-13-31(14-4-1)32-23-25-34(26-24-32)48-50-47(33-15-5-2-6-16-33)51-49(52-48)41-29-37(30-45-46(41)39-20-10-12-22-44(39)54-45)53-42-21-11-9-19-38(42)40-27-35-17-7-8-18-36(35)28-43(40)53/h1-30H/i1D,2D,3D,4D,5D,6D,13D,14D,15D,16D,23D,24D,25D,26D. The van der Waals surface area contributed by atoms with Crippen LogP contribution >= 0.6 is 0 Å². The highest BCUT2D eigenvalue weighted by atomic mass is 16.3. The number of nitrogens with zero attached hydrogens (tertiary/aromatic N) is 4. The average molecular weight is 705 g/mol. The van der Waals surface area contributed by atoms with Crippen LogP contribution in [0.5, 0.6) is 0 Å². The molecule has 0 aliphatic heterocycles. The van der Waals surface area contributed by atoms with Crippen molar-refractivity contribution in [1.29, 1.82) is 0 Å². The average Bonchev–Trinajstić information content (AvgIpc) is 3.88. The van der Waals surface area contributed by atoms with E-state index in [1.165, 1.54) is 0 Å². The molecular formula is C49H30N4O. The van der Waals surface area contributed by atoms with Crippen molar-refractivity contribution < 1.29 is 23.6 Å². The lowest BCUT2D eigenvalue weighted by atomic mass is 10.0. The first kappa shape index (κ1) is 19.5. The van der Waals surface area contributed by atoms with Crippen LogP contribution in [-0.2, 0) is 0 Å². The van der Waals surface area contributed by atoms with Gasteiger partial charge in [0, 0.05) is 44.3 Å². The molecule has 0 saturated carbocycles. The highest BCUT2D eigenvalue weighted by molar-refractivity contribution is 6.15. The molecule has 3 aromatic heterocycles. The van der Waals surface area contributed by atoms with Gasteiger partial charge in [-0.1, -0.05) is 145 Å². The predicted molar refractivity (Wildman–Crippen MR) is 221 cm³/mol. The lowest BCUT2D eigenvalue weighted by Crippen LogP contribution is -2.01. The Morgan fingerprint density at radius 2 is 1.02 bits per heavy atom. The summed E-state index contributed by atoms with van der Waals surface area (Å²) >= 11 is 0. The fourth-order valence-electron chi connectivity index (χ4n) is 7.08. The van der Waals surface area contributed by atoms with Gasteiger partial charge in [0.25, 0.3) is 0 Å². The van der Waals surface area contributed by atoms with Crippen LogP contribution in [0.25, 0.3) is 105 Å². The molecule has 0 N–H and O–H groups in total. The molecule has 0 radical (unpaired) electrons. The monoisotopic (exact) mass is 704 g/mol. The minimum Gasteiger partial charge on any atom is -0.456 e. The fourth-order valence-corrected chi connectivity index (χ4v) is 7.08. The van der Waals surface area contributed by atoms with Crippen LogP contribution < -0.4 is 0 Å². The van der Waals surface area contributed by atoms with Crippen LogP contribution in [0.3, 0.4) is 0 Å². The zero-order valence-electron chi connectivity index (χ0n) is 41.9. The second-order valence-corrected chi connectivity index (χ2v) is 12.6. The van der Waals surface area contributed by atoms with E-state index in [0.29, 0.717) is 33.2 Å².